The number of amides is 2. The van der Waals surface area contributed by atoms with Gasteiger partial charge in [0, 0.05) is 13.1 Å². The van der Waals surface area contributed by atoms with Gasteiger partial charge >= 0.3 is 6.03 Å². The fraction of sp³-hybridized carbons (Fsp3) is 0.833. The van der Waals surface area contributed by atoms with Crippen LogP contribution < -0.4 is 0 Å². The van der Waals surface area contributed by atoms with Crippen LogP contribution in [-0.4, -0.2) is 46.8 Å². The lowest BCUT2D eigenvalue weighted by atomic mass is 10.3. The van der Waals surface area contributed by atoms with E-state index in [0.717, 1.165) is 19.5 Å². The second-order valence-electron chi connectivity index (χ2n) is 2.76. The van der Waals surface area contributed by atoms with Crippen molar-refractivity contribution in [3.8, 4) is 0 Å². The first-order valence-corrected chi connectivity index (χ1v) is 3.52. The molecule has 4 nitrogen and oxygen atoms in total. The van der Waals surface area contributed by atoms with E-state index in [9.17, 15) is 9.90 Å². The van der Waals surface area contributed by atoms with Gasteiger partial charge in [-0.15, -0.1) is 0 Å². The lowest BCUT2D eigenvalue weighted by molar-refractivity contribution is 0.0666. The Morgan fingerprint density at radius 2 is 2.30 bits per heavy atom. The first-order valence-electron chi connectivity index (χ1n) is 3.52. The van der Waals surface area contributed by atoms with Crippen molar-refractivity contribution < 1.29 is 9.90 Å². The van der Waals surface area contributed by atoms with Crippen LogP contribution >= 0.6 is 0 Å². The molecule has 2 aliphatic heterocycles. The predicted molar refractivity (Wildman–Crippen MR) is 34.3 cm³/mol. The Bertz CT molecular complexity index is 171. The van der Waals surface area contributed by atoms with Crippen molar-refractivity contribution >= 4 is 6.03 Å². The molecule has 2 fully saturated rings. The van der Waals surface area contributed by atoms with Crippen molar-refractivity contribution in [2.75, 3.05) is 19.6 Å². The highest BCUT2D eigenvalue weighted by atomic mass is 16.3. The van der Waals surface area contributed by atoms with Gasteiger partial charge in [0.05, 0.1) is 6.54 Å². The third-order valence-corrected chi connectivity index (χ3v) is 2.09. The molecule has 2 aliphatic rings. The zero-order chi connectivity index (χ0) is 7.14. The topological polar surface area (TPSA) is 43.8 Å². The van der Waals surface area contributed by atoms with E-state index >= 15 is 0 Å². The smallest absolute Gasteiger partial charge is 0.322 e. The number of carbonyl (C=O) groups excluding carboxylic acids is 1. The molecule has 2 heterocycles. The molecule has 1 unspecified atom stereocenters. The lowest BCUT2D eigenvalue weighted by Gasteiger charge is -2.24. The summed E-state index contributed by atoms with van der Waals surface area (Å²) >= 11 is 0. The van der Waals surface area contributed by atoms with Crippen LogP contribution in [0.15, 0.2) is 0 Å². The highest BCUT2D eigenvalue weighted by Gasteiger charge is 2.38. The maximum atomic E-state index is 11.1. The van der Waals surface area contributed by atoms with E-state index in [1.807, 2.05) is 0 Å². The predicted octanol–water partition coefficient (Wildman–Crippen LogP) is -0.554. The maximum absolute atomic E-state index is 11.1. The second-order valence-corrected chi connectivity index (χ2v) is 2.76. The Kier molecular flexibility index (Phi) is 1.11. The molecule has 0 aliphatic carbocycles. The molecular weight excluding hydrogens is 132 g/mol. The Balaban J connectivity index is 2.22. The molecular formula is C6H10N2O2. The quantitative estimate of drug-likeness (QED) is 0.493. The Labute approximate surface area is 59.0 Å². The molecule has 2 rings (SSSR count). The van der Waals surface area contributed by atoms with Crippen molar-refractivity contribution in [3.63, 3.8) is 0 Å². The van der Waals surface area contributed by atoms with E-state index in [4.69, 9.17) is 0 Å². The number of rotatable bonds is 0. The van der Waals surface area contributed by atoms with Crippen LogP contribution in [0.1, 0.15) is 6.42 Å². The molecule has 2 amide bonds. The summed E-state index contributed by atoms with van der Waals surface area (Å²) in [6.07, 6.45) is 0.443. The van der Waals surface area contributed by atoms with Gasteiger partial charge in [-0.3, -0.25) is 4.90 Å². The summed E-state index contributed by atoms with van der Waals surface area (Å²) in [5, 5.41) is 9.23. The van der Waals surface area contributed by atoms with Crippen molar-refractivity contribution in [3.05, 3.63) is 0 Å². The highest BCUT2D eigenvalue weighted by molar-refractivity contribution is 5.77. The fourth-order valence-electron chi connectivity index (χ4n) is 1.55. The summed E-state index contributed by atoms with van der Waals surface area (Å²) in [4.78, 5) is 14.3. The number of carbonyl (C=O) groups is 1. The molecule has 0 radical (unpaired) electrons. The molecule has 0 aromatic heterocycles. The number of urea groups is 1. The van der Waals surface area contributed by atoms with E-state index in [1.54, 1.807) is 4.90 Å². The van der Waals surface area contributed by atoms with Crippen LogP contribution in [0.3, 0.4) is 0 Å². The van der Waals surface area contributed by atoms with Crippen LogP contribution in [0.25, 0.3) is 0 Å². The monoisotopic (exact) mass is 142 g/mol. The lowest BCUT2D eigenvalue weighted by Crippen LogP contribution is -2.40. The zero-order valence-corrected chi connectivity index (χ0v) is 5.66. The van der Waals surface area contributed by atoms with Crippen molar-refractivity contribution in [1.82, 2.24) is 9.80 Å². The molecule has 1 N–H and O–H groups in total. The average molecular weight is 142 g/mol. The van der Waals surface area contributed by atoms with Gasteiger partial charge in [0.2, 0.25) is 0 Å². The average Bonchev–Trinajstić information content (AvgIpc) is 2.16. The zero-order valence-electron chi connectivity index (χ0n) is 5.66. The molecule has 0 spiro atoms. The van der Waals surface area contributed by atoms with Gasteiger partial charge in [0.1, 0.15) is 6.23 Å². The molecule has 2 bridgehead atoms. The van der Waals surface area contributed by atoms with Crippen LogP contribution in [-0.2, 0) is 0 Å². The summed E-state index contributed by atoms with van der Waals surface area (Å²) in [6, 6.07) is -0.00116. The van der Waals surface area contributed by atoms with Crippen molar-refractivity contribution in [1.29, 1.82) is 0 Å². The van der Waals surface area contributed by atoms with E-state index in [-0.39, 0.29) is 6.03 Å². The number of nitrogens with zero attached hydrogens (tertiary/aromatic N) is 2. The molecule has 4 heteroatoms. The van der Waals surface area contributed by atoms with E-state index in [1.165, 1.54) is 4.90 Å². The van der Waals surface area contributed by atoms with Crippen LogP contribution in [0.5, 0.6) is 0 Å². The summed E-state index contributed by atoms with van der Waals surface area (Å²) in [6.45, 7) is 2.03. The first kappa shape index (κ1) is 5.97. The summed E-state index contributed by atoms with van der Waals surface area (Å²) < 4.78 is 0. The Morgan fingerprint density at radius 3 is 2.90 bits per heavy atom. The minimum absolute atomic E-state index is 0.00116. The fourth-order valence-corrected chi connectivity index (χ4v) is 1.55. The van der Waals surface area contributed by atoms with E-state index < -0.39 is 6.23 Å². The summed E-state index contributed by atoms with van der Waals surface area (Å²) in [7, 11) is 0. The third-order valence-electron chi connectivity index (χ3n) is 2.09. The summed E-state index contributed by atoms with van der Waals surface area (Å²) in [5.41, 5.74) is 0. The number of aliphatic hydroxyl groups excluding tert-OH is 1. The number of fused-ring (bicyclic) bond motifs is 2. The Hall–Kier alpha value is -0.770. The standard InChI is InChI=1S/C6H10N2O2/c9-5-4-7-2-1-3-8(5)6(7)10/h5,9H,1-4H2. The van der Waals surface area contributed by atoms with Crippen LogP contribution in [0.2, 0.25) is 0 Å². The van der Waals surface area contributed by atoms with E-state index in [2.05, 4.69) is 0 Å². The van der Waals surface area contributed by atoms with Gasteiger partial charge in [-0.25, -0.2) is 4.79 Å². The SMILES string of the molecule is O=C1N2CCCN1C(O)C2. The van der Waals surface area contributed by atoms with Gasteiger partial charge in [-0.2, -0.15) is 0 Å². The van der Waals surface area contributed by atoms with Gasteiger partial charge in [0.15, 0.2) is 0 Å². The highest BCUT2D eigenvalue weighted by Crippen LogP contribution is 2.18. The molecule has 2 saturated heterocycles. The normalized spacial score (nSPS) is 31.7. The van der Waals surface area contributed by atoms with Crippen LogP contribution in [0.4, 0.5) is 4.79 Å². The number of aliphatic hydroxyl groups is 1. The molecule has 0 aromatic carbocycles. The van der Waals surface area contributed by atoms with Gasteiger partial charge in [-0.1, -0.05) is 0 Å². The summed E-state index contributed by atoms with van der Waals surface area (Å²) in [5.74, 6) is 0. The molecule has 10 heavy (non-hydrogen) atoms. The van der Waals surface area contributed by atoms with Gasteiger partial charge in [0.25, 0.3) is 0 Å². The minimum Gasteiger partial charge on any atom is -0.372 e. The second kappa shape index (κ2) is 1.85. The van der Waals surface area contributed by atoms with Crippen molar-refractivity contribution in [2.24, 2.45) is 0 Å². The molecule has 1 atom stereocenters. The van der Waals surface area contributed by atoms with Crippen LogP contribution in [0, 0.1) is 0 Å². The number of hydrogen-bond donors (Lipinski definition) is 1. The largest absolute Gasteiger partial charge is 0.372 e. The third kappa shape index (κ3) is 0.623. The maximum Gasteiger partial charge on any atom is 0.322 e. The molecule has 0 aromatic rings. The van der Waals surface area contributed by atoms with Gasteiger partial charge < -0.3 is 10.0 Å². The van der Waals surface area contributed by atoms with Crippen molar-refractivity contribution in [2.45, 2.75) is 12.6 Å². The molecule has 0 saturated carbocycles. The molecule has 56 valence electrons. The minimum atomic E-state index is -0.546. The van der Waals surface area contributed by atoms with E-state index in [0.29, 0.717) is 6.54 Å². The number of hydrogen-bond acceptors (Lipinski definition) is 2. The van der Waals surface area contributed by atoms with Gasteiger partial charge in [-0.05, 0) is 6.42 Å². The Morgan fingerprint density at radius 1 is 1.50 bits per heavy atom. The first-order chi connectivity index (χ1) is 4.79.